The number of fused-ring (bicyclic) bond motifs is 2. The molecule has 6 heteroatoms. The van der Waals surface area contributed by atoms with Crippen molar-refractivity contribution in [3.05, 3.63) is 72.2 Å². The molecule has 3 aromatic heterocycles. The molecule has 5 rings (SSSR count). The lowest BCUT2D eigenvalue weighted by atomic mass is 10.1. The summed E-state index contributed by atoms with van der Waals surface area (Å²) in [7, 11) is 2.04. The number of aryl methyl sites for hydroxylation is 1. The summed E-state index contributed by atoms with van der Waals surface area (Å²) in [5.41, 5.74) is 4.48. The molecule has 0 radical (unpaired) electrons. The molecule has 0 aliphatic carbocycles. The number of carbonyl (C=O) groups is 1. The van der Waals surface area contributed by atoms with Gasteiger partial charge in [-0.2, -0.15) is 5.10 Å². The quantitative estimate of drug-likeness (QED) is 0.541. The van der Waals surface area contributed by atoms with Crippen LogP contribution in [0.4, 0.5) is 0 Å². The average Bonchev–Trinajstić information content (AvgIpc) is 3.29. The molecule has 0 saturated carbocycles. The van der Waals surface area contributed by atoms with E-state index in [2.05, 4.69) is 45.0 Å². The number of nitrogens with zero attached hydrogens (tertiary/aromatic N) is 5. The van der Waals surface area contributed by atoms with Crippen LogP contribution in [0, 0.1) is 0 Å². The third kappa shape index (κ3) is 3.51. The van der Waals surface area contributed by atoms with Crippen LogP contribution in [0.2, 0.25) is 0 Å². The Hall–Kier alpha value is -3.12. The Labute approximate surface area is 169 Å². The number of rotatable bonds is 4. The molecule has 0 bridgehead atoms. The van der Waals surface area contributed by atoms with Crippen molar-refractivity contribution in [2.75, 3.05) is 26.2 Å². The van der Waals surface area contributed by atoms with Crippen molar-refractivity contribution < 1.29 is 4.79 Å². The average molecular weight is 387 g/mol. The second kappa shape index (κ2) is 7.37. The highest BCUT2D eigenvalue weighted by Crippen LogP contribution is 2.21. The lowest BCUT2D eigenvalue weighted by Gasteiger charge is -2.34. The highest BCUT2D eigenvalue weighted by atomic mass is 16.2. The van der Waals surface area contributed by atoms with Crippen LogP contribution in [0.3, 0.4) is 0 Å². The molecule has 1 aromatic carbocycles. The van der Waals surface area contributed by atoms with E-state index in [-0.39, 0.29) is 5.91 Å². The van der Waals surface area contributed by atoms with E-state index in [1.54, 1.807) is 0 Å². The van der Waals surface area contributed by atoms with Crippen LogP contribution in [0.1, 0.15) is 11.3 Å². The molecule has 0 unspecified atom stereocenters. The number of carbonyl (C=O) groups excluding carboxylic acids is 1. The summed E-state index contributed by atoms with van der Waals surface area (Å²) < 4.78 is 4.02. The summed E-state index contributed by atoms with van der Waals surface area (Å²) in [4.78, 5) is 17.3. The maximum Gasteiger partial charge on any atom is 0.227 e. The molecule has 1 fully saturated rings. The molecule has 0 atom stereocenters. The Morgan fingerprint density at radius 1 is 1.03 bits per heavy atom. The normalized spacial score (nSPS) is 15.4. The highest BCUT2D eigenvalue weighted by Gasteiger charge is 2.22. The van der Waals surface area contributed by atoms with Crippen molar-refractivity contribution in [2.24, 2.45) is 7.05 Å². The fraction of sp³-hybridized carbons (Fsp3) is 0.304. The van der Waals surface area contributed by atoms with Crippen molar-refractivity contribution in [3.63, 3.8) is 0 Å². The first-order chi connectivity index (χ1) is 14.2. The number of para-hydroxylation sites is 1. The minimum Gasteiger partial charge on any atom is -0.350 e. The highest BCUT2D eigenvalue weighted by molar-refractivity contribution is 5.89. The van der Waals surface area contributed by atoms with E-state index in [1.807, 2.05) is 46.9 Å². The smallest absolute Gasteiger partial charge is 0.227 e. The molecule has 29 heavy (non-hydrogen) atoms. The zero-order chi connectivity index (χ0) is 19.8. The van der Waals surface area contributed by atoms with Crippen LogP contribution >= 0.6 is 0 Å². The topological polar surface area (TPSA) is 45.8 Å². The molecule has 0 spiro atoms. The van der Waals surface area contributed by atoms with Gasteiger partial charge in [-0.25, -0.2) is 4.52 Å². The van der Waals surface area contributed by atoms with Crippen LogP contribution in [0.25, 0.3) is 16.4 Å². The Balaban J connectivity index is 1.20. The molecule has 1 saturated heterocycles. The second-order valence-corrected chi connectivity index (χ2v) is 7.82. The van der Waals surface area contributed by atoms with Crippen LogP contribution in [0.5, 0.6) is 0 Å². The van der Waals surface area contributed by atoms with E-state index in [0.717, 1.165) is 49.5 Å². The van der Waals surface area contributed by atoms with Crippen molar-refractivity contribution in [1.29, 1.82) is 0 Å². The van der Waals surface area contributed by atoms with Crippen LogP contribution in [0.15, 0.2) is 60.9 Å². The lowest BCUT2D eigenvalue weighted by molar-refractivity contribution is -0.132. The van der Waals surface area contributed by atoms with Gasteiger partial charge in [-0.05, 0) is 29.8 Å². The Bertz CT molecular complexity index is 1130. The summed E-state index contributed by atoms with van der Waals surface area (Å²) in [6.45, 7) is 4.14. The van der Waals surface area contributed by atoms with Crippen LogP contribution in [-0.4, -0.2) is 56.1 Å². The van der Waals surface area contributed by atoms with Crippen molar-refractivity contribution >= 4 is 22.3 Å². The third-order valence-electron chi connectivity index (χ3n) is 5.85. The fourth-order valence-corrected chi connectivity index (χ4v) is 4.29. The second-order valence-electron chi connectivity index (χ2n) is 7.82. The predicted octanol–water partition coefficient (Wildman–Crippen LogP) is 2.71. The summed E-state index contributed by atoms with van der Waals surface area (Å²) in [5.74, 6) is 0.216. The Morgan fingerprint density at radius 2 is 1.83 bits per heavy atom. The number of amides is 1. The third-order valence-corrected chi connectivity index (χ3v) is 5.85. The first kappa shape index (κ1) is 17.9. The van der Waals surface area contributed by atoms with Gasteiger partial charge in [0.05, 0.1) is 17.6 Å². The maximum absolute atomic E-state index is 12.9. The molecule has 1 amide bonds. The summed E-state index contributed by atoms with van der Waals surface area (Å²) >= 11 is 0. The van der Waals surface area contributed by atoms with E-state index >= 15 is 0 Å². The zero-order valence-corrected chi connectivity index (χ0v) is 16.7. The van der Waals surface area contributed by atoms with Crippen molar-refractivity contribution in [2.45, 2.75) is 13.0 Å². The standard InChI is InChI=1S/C23H25N5O/c1-25-16-18(21-7-2-3-8-22(21)25)14-23(29)27-12-10-26(11-13-27)17-19-15-20-6-4-5-9-28(20)24-19/h2-9,15-16H,10-14,17H2,1H3. The largest absolute Gasteiger partial charge is 0.350 e. The number of hydrogen-bond donors (Lipinski definition) is 0. The molecule has 4 aromatic rings. The van der Waals surface area contributed by atoms with E-state index in [0.29, 0.717) is 6.42 Å². The Morgan fingerprint density at radius 3 is 2.66 bits per heavy atom. The van der Waals surface area contributed by atoms with Gasteiger partial charge < -0.3 is 9.47 Å². The SMILES string of the molecule is Cn1cc(CC(=O)N2CCN(Cc3cc4ccccn4n3)CC2)c2ccccc21. The molecule has 4 heterocycles. The zero-order valence-electron chi connectivity index (χ0n) is 16.7. The molecule has 1 aliphatic heterocycles. The fourth-order valence-electron chi connectivity index (χ4n) is 4.29. The van der Waals surface area contributed by atoms with Gasteiger partial charge in [0.15, 0.2) is 0 Å². The molecule has 0 N–H and O–H groups in total. The van der Waals surface area contributed by atoms with Gasteiger partial charge in [-0.1, -0.05) is 24.3 Å². The van der Waals surface area contributed by atoms with Crippen molar-refractivity contribution in [3.8, 4) is 0 Å². The number of pyridine rings is 1. The van der Waals surface area contributed by atoms with E-state index in [9.17, 15) is 4.79 Å². The number of hydrogen-bond acceptors (Lipinski definition) is 3. The van der Waals surface area contributed by atoms with E-state index in [4.69, 9.17) is 0 Å². The maximum atomic E-state index is 12.9. The summed E-state index contributed by atoms with van der Waals surface area (Å²) in [5, 5.41) is 5.82. The minimum absolute atomic E-state index is 0.216. The van der Waals surface area contributed by atoms with Crippen LogP contribution < -0.4 is 0 Å². The van der Waals surface area contributed by atoms with Gasteiger partial charge in [-0.3, -0.25) is 9.69 Å². The predicted molar refractivity (Wildman–Crippen MR) is 114 cm³/mol. The van der Waals surface area contributed by atoms with Crippen molar-refractivity contribution in [1.82, 2.24) is 24.0 Å². The van der Waals surface area contributed by atoms with Gasteiger partial charge in [0.2, 0.25) is 5.91 Å². The molecule has 6 nitrogen and oxygen atoms in total. The van der Waals surface area contributed by atoms with Gasteiger partial charge in [0.1, 0.15) is 0 Å². The summed E-state index contributed by atoms with van der Waals surface area (Å²) in [6, 6.07) is 16.5. The van der Waals surface area contributed by atoms with Gasteiger partial charge in [0, 0.05) is 63.1 Å². The minimum atomic E-state index is 0.216. The van der Waals surface area contributed by atoms with E-state index in [1.165, 1.54) is 10.9 Å². The molecule has 1 aliphatic rings. The number of aromatic nitrogens is 3. The molecule has 148 valence electrons. The molecular weight excluding hydrogens is 362 g/mol. The number of benzene rings is 1. The van der Waals surface area contributed by atoms with E-state index < -0.39 is 0 Å². The monoisotopic (exact) mass is 387 g/mol. The van der Waals surface area contributed by atoms with Gasteiger partial charge >= 0.3 is 0 Å². The van der Waals surface area contributed by atoms with Gasteiger partial charge in [-0.15, -0.1) is 0 Å². The van der Waals surface area contributed by atoms with Gasteiger partial charge in [0.25, 0.3) is 0 Å². The Kier molecular flexibility index (Phi) is 4.56. The number of piperazine rings is 1. The molecular formula is C23H25N5O. The first-order valence-electron chi connectivity index (χ1n) is 10.1. The first-order valence-corrected chi connectivity index (χ1v) is 10.1. The van der Waals surface area contributed by atoms with Crippen LogP contribution in [-0.2, 0) is 24.8 Å². The summed E-state index contributed by atoms with van der Waals surface area (Å²) in [6.07, 6.45) is 4.53. The lowest BCUT2D eigenvalue weighted by Crippen LogP contribution is -2.48.